The van der Waals surface area contributed by atoms with E-state index in [0.29, 0.717) is 16.7 Å². The summed E-state index contributed by atoms with van der Waals surface area (Å²) in [6.07, 6.45) is 1.61. The molecule has 7 heteroatoms. The van der Waals surface area contributed by atoms with Crippen LogP contribution in [0.25, 0.3) is 0 Å². The molecule has 0 saturated heterocycles. The highest BCUT2D eigenvalue weighted by atomic mass is 79.9. The highest BCUT2D eigenvalue weighted by Gasteiger charge is 2.06. The third-order valence-electron chi connectivity index (χ3n) is 2.16. The van der Waals surface area contributed by atoms with Gasteiger partial charge in [0.15, 0.2) is 0 Å². The maximum absolute atomic E-state index is 11.6. The van der Waals surface area contributed by atoms with Crippen molar-refractivity contribution in [2.75, 3.05) is 5.32 Å². The quantitative estimate of drug-likeness (QED) is 0.939. The van der Waals surface area contributed by atoms with E-state index in [1.807, 2.05) is 12.1 Å². The Hall–Kier alpha value is -0.850. The van der Waals surface area contributed by atoms with Crippen LogP contribution >= 0.6 is 38.9 Å². The molecule has 0 atom stereocenters. The predicted molar refractivity (Wildman–Crippen MR) is 73.8 cm³/mol. The van der Waals surface area contributed by atoms with Crippen LogP contribution in [0.5, 0.6) is 0 Å². The molecule has 1 N–H and O–H groups in total. The van der Waals surface area contributed by atoms with E-state index in [4.69, 9.17) is 11.6 Å². The fourth-order valence-corrected chi connectivity index (χ4v) is 2.79. The van der Waals surface area contributed by atoms with Crippen LogP contribution in [0.2, 0.25) is 4.34 Å². The molecule has 0 unspecified atom stereocenters. The molecule has 2 heterocycles. The minimum Gasteiger partial charge on any atom is -0.378 e. The van der Waals surface area contributed by atoms with E-state index >= 15 is 0 Å². The fraction of sp³-hybridized carbons (Fsp3) is 0.200. The van der Waals surface area contributed by atoms with Gasteiger partial charge in [0.1, 0.15) is 4.47 Å². The summed E-state index contributed by atoms with van der Waals surface area (Å²) in [5.74, 6) is 0. The number of thiophene rings is 1. The maximum Gasteiger partial charge on any atom is 0.282 e. The van der Waals surface area contributed by atoms with Crippen LogP contribution in [0.3, 0.4) is 0 Å². The molecular weight excluding hydrogens is 326 g/mol. The number of aromatic nitrogens is 2. The summed E-state index contributed by atoms with van der Waals surface area (Å²) >= 11 is 10.6. The molecule has 0 fully saturated rings. The second kappa shape index (κ2) is 5.20. The zero-order valence-electron chi connectivity index (χ0n) is 8.91. The molecule has 0 amide bonds. The normalized spacial score (nSPS) is 10.5. The van der Waals surface area contributed by atoms with E-state index < -0.39 is 0 Å². The summed E-state index contributed by atoms with van der Waals surface area (Å²) in [5.41, 5.74) is 0.511. The molecule has 17 heavy (non-hydrogen) atoms. The number of hydrogen-bond donors (Lipinski definition) is 1. The number of nitrogens with zero attached hydrogens (tertiary/aromatic N) is 2. The molecule has 0 aliphatic heterocycles. The lowest BCUT2D eigenvalue weighted by molar-refractivity contribution is 0.703. The number of halogens is 2. The first-order chi connectivity index (χ1) is 8.08. The lowest BCUT2D eigenvalue weighted by Crippen LogP contribution is -2.21. The number of nitrogens with one attached hydrogen (secondary N) is 1. The maximum atomic E-state index is 11.6. The third kappa shape index (κ3) is 2.88. The van der Waals surface area contributed by atoms with Gasteiger partial charge in [0.05, 0.1) is 16.2 Å². The Balaban J connectivity index is 2.15. The minimum absolute atomic E-state index is 0.167. The molecule has 2 aromatic rings. The Bertz CT molecular complexity index is 595. The zero-order valence-corrected chi connectivity index (χ0v) is 12.1. The second-order valence-corrected chi connectivity index (χ2v) is 5.95. The van der Waals surface area contributed by atoms with Crippen molar-refractivity contribution in [3.8, 4) is 0 Å². The van der Waals surface area contributed by atoms with Gasteiger partial charge in [0.2, 0.25) is 0 Å². The van der Waals surface area contributed by atoms with Crippen LogP contribution in [0, 0.1) is 0 Å². The van der Waals surface area contributed by atoms with Gasteiger partial charge < -0.3 is 5.32 Å². The van der Waals surface area contributed by atoms with Gasteiger partial charge in [-0.15, -0.1) is 11.3 Å². The van der Waals surface area contributed by atoms with Crippen molar-refractivity contribution < 1.29 is 0 Å². The first-order valence-corrected chi connectivity index (χ1v) is 6.76. The van der Waals surface area contributed by atoms with Crippen molar-refractivity contribution in [1.29, 1.82) is 0 Å². The number of aryl methyl sites for hydroxylation is 1. The Morgan fingerprint density at radius 3 is 3.00 bits per heavy atom. The van der Waals surface area contributed by atoms with Gasteiger partial charge in [-0.2, -0.15) is 5.10 Å². The molecule has 0 aromatic carbocycles. The van der Waals surface area contributed by atoms with Crippen LogP contribution in [-0.2, 0) is 13.6 Å². The van der Waals surface area contributed by atoms with E-state index in [-0.39, 0.29) is 5.56 Å². The highest BCUT2D eigenvalue weighted by molar-refractivity contribution is 9.10. The SMILES string of the molecule is Cn1ncc(NCc2ccc(Cl)s2)c(Br)c1=O. The Morgan fingerprint density at radius 1 is 1.59 bits per heavy atom. The molecule has 0 aliphatic carbocycles. The van der Waals surface area contributed by atoms with Gasteiger partial charge in [0.25, 0.3) is 5.56 Å². The Labute approximate surface area is 115 Å². The van der Waals surface area contributed by atoms with Crippen molar-refractivity contribution in [2.45, 2.75) is 6.54 Å². The Morgan fingerprint density at radius 2 is 2.35 bits per heavy atom. The van der Waals surface area contributed by atoms with E-state index in [0.717, 1.165) is 9.21 Å². The summed E-state index contributed by atoms with van der Waals surface area (Å²) < 4.78 is 2.51. The molecule has 90 valence electrons. The van der Waals surface area contributed by atoms with E-state index in [1.54, 1.807) is 13.2 Å². The molecule has 0 bridgehead atoms. The lowest BCUT2D eigenvalue weighted by Gasteiger charge is -2.07. The molecular formula is C10H9BrClN3OS. The van der Waals surface area contributed by atoms with Crippen LogP contribution in [0.15, 0.2) is 27.6 Å². The minimum atomic E-state index is -0.167. The van der Waals surface area contributed by atoms with E-state index in [9.17, 15) is 4.79 Å². The molecule has 4 nitrogen and oxygen atoms in total. The molecule has 0 radical (unpaired) electrons. The number of anilines is 1. The van der Waals surface area contributed by atoms with Crippen molar-refractivity contribution in [3.63, 3.8) is 0 Å². The van der Waals surface area contributed by atoms with Crippen LogP contribution in [0.4, 0.5) is 5.69 Å². The van der Waals surface area contributed by atoms with Gasteiger partial charge in [-0.05, 0) is 28.1 Å². The zero-order chi connectivity index (χ0) is 12.4. The summed E-state index contributed by atoms with van der Waals surface area (Å²) in [5, 5.41) is 7.09. The van der Waals surface area contributed by atoms with Crippen LogP contribution in [-0.4, -0.2) is 9.78 Å². The predicted octanol–water partition coefficient (Wildman–Crippen LogP) is 2.87. The first kappa shape index (κ1) is 12.6. The largest absolute Gasteiger partial charge is 0.378 e. The molecule has 0 aliphatic rings. The first-order valence-electron chi connectivity index (χ1n) is 4.78. The molecule has 2 aromatic heterocycles. The second-order valence-electron chi connectivity index (χ2n) is 3.36. The number of hydrogen-bond acceptors (Lipinski definition) is 4. The number of rotatable bonds is 3. The molecule has 0 saturated carbocycles. The summed E-state index contributed by atoms with van der Waals surface area (Å²) in [6.45, 7) is 0.616. The van der Waals surface area contributed by atoms with Crippen molar-refractivity contribution in [1.82, 2.24) is 9.78 Å². The van der Waals surface area contributed by atoms with E-state index in [2.05, 4.69) is 26.3 Å². The van der Waals surface area contributed by atoms with Crippen molar-refractivity contribution in [2.24, 2.45) is 7.05 Å². The smallest absolute Gasteiger partial charge is 0.282 e. The van der Waals surface area contributed by atoms with Crippen LogP contribution in [0.1, 0.15) is 4.88 Å². The van der Waals surface area contributed by atoms with Gasteiger partial charge >= 0.3 is 0 Å². The fourth-order valence-electron chi connectivity index (χ4n) is 1.26. The standard InChI is InChI=1S/C10H9BrClN3OS/c1-15-10(16)9(11)7(5-14-15)13-4-6-2-3-8(12)17-6/h2-3,5,13H,4H2,1H3. The highest BCUT2D eigenvalue weighted by Crippen LogP contribution is 2.23. The summed E-state index contributed by atoms with van der Waals surface area (Å²) in [4.78, 5) is 12.7. The molecule has 0 spiro atoms. The van der Waals surface area contributed by atoms with Gasteiger partial charge in [0, 0.05) is 18.5 Å². The van der Waals surface area contributed by atoms with Gasteiger partial charge in [-0.1, -0.05) is 11.6 Å². The lowest BCUT2D eigenvalue weighted by atomic mass is 10.4. The average Bonchev–Trinajstić information content (AvgIpc) is 2.71. The van der Waals surface area contributed by atoms with Crippen molar-refractivity contribution >= 4 is 44.6 Å². The summed E-state index contributed by atoms with van der Waals surface area (Å²) in [7, 11) is 1.61. The topological polar surface area (TPSA) is 46.9 Å². The Kier molecular flexibility index (Phi) is 3.86. The third-order valence-corrected chi connectivity index (χ3v) is 4.16. The molecule has 2 rings (SSSR count). The van der Waals surface area contributed by atoms with Gasteiger partial charge in [-0.25, -0.2) is 4.68 Å². The van der Waals surface area contributed by atoms with Gasteiger partial charge in [-0.3, -0.25) is 4.79 Å². The monoisotopic (exact) mass is 333 g/mol. The van der Waals surface area contributed by atoms with Crippen LogP contribution < -0.4 is 10.9 Å². The van der Waals surface area contributed by atoms with E-state index in [1.165, 1.54) is 16.0 Å². The summed E-state index contributed by atoms with van der Waals surface area (Å²) in [6, 6.07) is 3.79. The average molecular weight is 335 g/mol. The van der Waals surface area contributed by atoms with Crippen molar-refractivity contribution in [3.05, 3.63) is 42.4 Å².